The molecule has 0 saturated heterocycles. The highest BCUT2D eigenvalue weighted by Crippen LogP contribution is 2.23. The number of aromatic nitrogens is 1. The fraction of sp³-hybridized carbons (Fsp3) is 0.529. The highest BCUT2D eigenvalue weighted by atomic mass is 28.2. The van der Waals surface area contributed by atoms with Gasteiger partial charge >= 0.3 is 0 Å². The van der Waals surface area contributed by atoms with Crippen LogP contribution in [0.15, 0.2) is 18.5 Å². The van der Waals surface area contributed by atoms with Gasteiger partial charge in [0.1, 0.15) is 5.60 Å². The van der Waals surface area contributed by atoms with E-state index in [0.29, 0.717) is 5.75 Å². The Labute approximate surface area is 141 Å². The van der Waals surface area contributed by atoms with E-state index in [1.165, 1.54) is 6.92 Å². The van der Waals surface area contributed by atoms with E-state index in [1.807, 2.05) is 19.9 Å². The zero-order valence-electron chi connectivity index (χ0n) is 15.2. The smallest absolute Gasteiger partial charge is 0.214 e. The van der Waals surface area contributed by atoms with Crippen molar-refractivity contribution in [2.45, 2.75) is 52.2 Å². The first kappa shape index (κ1) is 21.2. The number of carbonyl (C=O) groups is 1. The van der Waals surface area contributed by atoms with Gasteiger partial charge in [-0.25, -0.2) is 0 Å². The van der Waals surface area contributed by atoms with Crippen LogP contribution in [-0.4, -0.2) is 33.4 Å². The molecule has 23 heavy (non-hydrogen) atoms. The molecule has 0 bridgehead atoms. The van der Waals surface area contributed by atoms with Crippen molar-refractivity contribution in [3.05, 3.63) is 24.0 Å². The SMILES string of the molecule is CC(N)=O.COc1cnccc1C#CC(C)(C)O[SiH2]C(C)(C)C. The molecule has 0 radical (unpaired) electrons. The Hall–Kier alpha value is -1.84. The number of rotatable bonds is 3. The zero-order valence-corrected chi connectivity index (χ0v) is 16.6. The minimum atomic E-state index is -0.616. The number of carbonyl (C=O) groups excluding carboxylic acids is 1. The molecule has 0 unspecified atom stereocenters. The number of pyridine rings is 1. The third-order valence-electron chi connectivity index (χ3n) is 2.37. The summed E-state index contributed by atoms with van der Waals surface area (Å²) in [4.78, 5) is 13.2. The van der Waals surface area contributed by atoms with E-state index in [4.69, 9.17) is 9.16 Å². The van der Waals surface area contributed by atoms with Gasteiger partial charge in [-0.15, -0.1) is 0 Å². The Morgan fingerprint density at radius 1 is 1.30 bits per heavy atom. The second kappa shape index (κ2) is 9.33. The Balaban J connectivity index is 0.00000108. The molecule has 0 atom stereocenters. The molecule has 0 saturated carbocycles. The van der Waals surface area contributed by atoms with E-state index in [9.17, 15) is 4.79 Å². The van der Waals surface area contributed by atoms with E-state index < -0.39 is 15.4 Å². The molecular weight excluding hydrogens is 308 g/mol. The molecule has 2 N–H and O–H groups in total. The summed E-state index contributed by atoms with van der Waals surface area (Å²) in [7, 11) is 1.01. The summed E-state index contributed by atoms with van der Waals surface area (Å²) in [6, 6.07) is 1.85. The number of ether oxygens (including phenoxy) is 1. The molecular formula is C17H28N2O3Si. The van der Waals surface area contributed by atoms with Crippen LogP contribution in [-0.2, 0) is 9.22 Å². The number of hydrogen-bond acceptors (Lipinski definition) is 4. The van der Waals surface area contributed by atoms with Gasteiger partial charge in [0.15, 0.2) is 15.5 Å². The van der Waals surface area contributed by atoms with Crippen LogP contribution in [0.1, 0.15) is 47.1 Å². The lowest BCUT2D eigenvalue weighted by atomic mass is 10.1. The predicted octanol–water partition coefficient (Wildman–Crippen LogP) is 2.03. The second-order valence-corrected chi connectivity index (χ2v) is 9.49. The Morgan fingerprint density at radius 2 is 1.87 bits per heavy atom. The Morgan fingerprint density at radius 3 is 2.35 bits per heavy atom. The van der Waals surface area contributed by atoms with Gasteiger partial charge in [-0.3, -0.25) is 9.78 Å². The molecule has 1 aromatic rings. The van der Waals surface area contributed by atoms with Crippen LogP contribution in [0, 0.1) is 11.8 Å². The Kier molecular flexibility index (Phi) is 8.58. The number of methoxy groups -OCH3 is 1. The van der Waals surface area contributed by atoms with Crippen molar-refractivity contribution in [1.29, 1.82) is 0 Å². The first-order valence-electron chi connectivity index (χ1n) is 7.38. The topological polar surface area (TPSA) is 74.4 Å². The molecule has 0 spiro atoms. The molecule has 0 fully saturated rings. The van der Waals surface area contributed by atoms with Crippen molar-refractivity contribution in [2.24, 2.45) is 5.73 Å². The molecule has 5 nitrogen and oxygen atoms in total. The second-order valence-electron chi connectivity index (χ2n) is 6.80. The third kappa shape index (κ3) is 11.4. The highest BCUT2D eigenvalue weighted by molar-refractivity contribution is 6.31. The summed E-state index contributed by atoms with van der Waals surface area (Å²) >= 11 is 0. The van der Waals surface area contributed by atoms with E-state index in [1.54, 1.807) is 19.5 Å². The molecule has 128 valence electrons. The maximum absolute atomic E-state index is 9.22. The van der Waals surface area contributed by atoms with Crippen molar-refractivity contribution < 1.29 is 14.0 Å². The summed E-state index contributed by atoms with van der Waals surface area (Å²) in [6.45, 7) is 11.9. The molecule has 0 aliphatic carbocycles. The average molecular weight is 337 g/mol. The fourth-order valence-electron chi connectivity index (χ4n) is 1.30. The average Bonchev–Trinajstić information content (AvgIpc) is 2.42. The maximum atomic E-state index is 9.22. The minimum Gasteiger partial charge on any atom is -0.494 e. The highest BCUT2D eigenvalue weighted by Gasteiger charge is 2.20. The lowest BCUT2D eigenvalue weighted by Gasteiger charge is -2.25. The molecule has 0 aliphatic heterocycles. The normalized spacial score (nSPS) is 11.3. The lowest BCUT2D eigenvalue weighted by Crippen LogP contribution is -2.28. The number of amides is 1. The largest absolute Gasteiger partial charge is 0.494 e. The number of primary amides is 1. The van der Waals surface area contributed by atoms with Gasteiger partial charge in [-0.1, -0.05) is 32.6 Å². The molecule has 6 heteroatoms. The summed E-state index contributed by atoms with van der Waals surface area (Å²) < 4.78 is 11.2. The monoisotopic (exact) mass is 336 g/mol. The van der Waals surface area contributed by atoms with Crippen molar-refractivity contribution in [3.8, 4) is 17.6 Å². The van der Waals surface area contributed by atoms with Crippen LogP contribution >= 0.6 is 0 Å². The number of nitrogens with zero attached hydrogens (tertiary/aromatic N) is 1. The van der Waals surface area contributed by atoms with Gasteiger partial charge in [-0.05, 0) is 25.0 Å². The van der Waals surface area contributed by atoms with Gasteiger partial charge in [0.05, 0.1) is 18.9 Å². The van der Waals surface area contributed by atoms with Crippen LogP contribution in [0.25, 0.3) is 0 Å². The molecule has 1 amide bonds. The molecule has 1 rings (SSSR count). The van der Waals surface area contributed by atoms with Crippen molar-refractivity contribution in [3.63, 3.8) is 0 Å². The fourth-order valence-corrected chi connectivity index (χ4v) is 2.16. The van der Waals surface area contributed by atoms with Crippen LogP contribution in [0.3, 0.4) is 0 Å². The van der Waals surface area contributed by atoms with Gasteiger partial charge in [0.25, 0.3) is 0 Å². The van der Waals surface area contributed by atoms with Crippen molar-refractivity contribution in [1.82, 2.24) is 4.98 Å². The third-order valence-corrected chi connectivity index (χ3v) is 4.10. The quantitative estimate of drug-likeness (QED) is 0.677. The van der Waals surface area contributed by atoms with Crippen LogP contribution in [0.2, 0.25) is 5.04 Å². The standard InChI is InChI=1S/C15H23NO2Si.C2H5NO/c1-14(2,3)19-18-15(4,5)9-7-12-8-10-16-11-13(12)17-6;1-2(3)4/h8,10-11H,19H2,1-6H3;1H3,(H2,3,4). The predicted molar refractivity (Wildman–Crippen MR) is 96.0 cm³/mol. The minimum absolute atomic E-state index is 0.271. The van der Waals surface area contributed by atoms with Crippen LogP contribution in [0.4, 0.5) is 0 Å². The summed E-state index contributed by atoms with van der Waals surface area (Å²) in [6.07, 6.45) is 3.38. The van der Waals surface area contributed by atoms with Gasteiger partial charge in [0.2, 0.25) is 5.91 Å². The summed E-state index contributed by atoms with van der Waals surface area (Å²) in [5.41, 5.74) is 4.89. The Bertz CT molecular complexity index is 565. The van der Waals surface area contributed by atoms with Crippen molar-refractivity contribution >= 4 is 15.7 Å². The van der Waals surface area contributed by atoms with Crippen LogP contribution in [0.5, 0.6) is 5.75 Å². The number of hydrogen-bond donors (Lipinski definition) is 1. The zero-order chi connectivity index (χ0) is 18.1. The van der Waals surface area contributed by atoms with Crippen LogP contribution < -0.4 is 10.5 Å². The van der Waals surface area contributed by atoms with Gasteiger partial charge in [-0.2, -0.15) is 0 Å². The van der Waals surface area contributed by atoms with E-state index in [-0.39, 0.29) is 10.9 Å². The number of nitrogens with two attached hydrogens (primary N) is 1. The summed E-state index contributed by atoms with van der Waals surface area (Å²) in [5.74, 6) is 6.66. The molecule has 1 aromatic heterocycles. The van der Waals surface area contributed by atoms with E-state index >= 15 is 0 Å². The van der Waals surface area contributed by atoms with E-state index in [2.05, 4.69) is 43.3 Å². The van der Waals surface area contributed by atoms with E-state index in [0.717, 1.165) is 5.56 Å². The molecule has 0 aromatic carbocycles. The first-order valence-corrected chi connectivity index (χ1v) is 8.66. The molecule has 0 aliphatic rings. The first-order chi connectivity index (χ1) is 10.5. The summed E-state index contributed by atoms with van der Waals surface area (Å²) in [5, 5.41) is 0.271. The maximum Gasteiger partial charge on any atom is 0.214 e. The van der Waals surface area contributed by atoms with Crippen molar-refractivity contribution in [2.75, 3.05) is 7.11 Å². The van der Waals surface area contributed by atoms with Gasteiger partial charge < -0.3 is 14.9 Å². The molecule has 1 heterocycles. The van der Waals surface area contributed by atoms with Gasteiger partial charge in [0, 0.05) is 13.1 Å². The lowest BCUT2D eigenvalue weighted by molar-refractivity contribution is -0.115.